The van der Waals surface area contributed by atoms with Crippen molar-refractivity contribution < 1.29 is 14.6 Å². The van der Waals surface area contributed by atoms with Crippen LogP contribution in [-0.2, 0) is 9.53 Å². The number of rotatable bonds is 3. The fourth-order valence-electron chi connectivity index (χ4n) is 2.12. The summed E-state index contributed by atoms with van der Waals surface area (Å²) in [7, 11) is 1.36. The van der Waals surface area contributed by atoms with Crippen molar-refractivity contribution in [3.63, 3.8) is 0 Å². The summed E-state index contributed by atoms with van der Waals surface area (Å²) in [5.41, 5.74) is 0. The molecule has 0 radical (unpaired) electrons. The highest BCUT2D eigenvalue weighted by Crippen LogP contribution is 2.26. The number of esters is 1. The number of carbonyl (C=O) groups is 1. The summed E-state index contributed by atoms with van der Waals surface area (Å²) < 4.78 is 4.54. The first-order chi connectivity index (χ1) is 6.74. The van der Waals surface area contributed by atoms with E-state index in [1.54, 1.807) is 0 Å². The van der Waals surface area contributed by atoms with E-state index in [1.165, 1.54) is 32.8 Å². The van der Waals surface area contributed by atoms with Gasteiger partial charge in [-0.3, -0.25) is 4.79 Å². The van der Waals surface area contributed by atoms with Gasteiger partial charge >= 0.3 is 5.97 Å². The van der Waals surface area contributed by atoms with Crippen LogP contribution in [0.5, 0.6) is 0 Å². The van der Waals surface area contributed by atoms with Crippen LogP contribution in [0, 0.1) is 5.92 Å². The summed E-state index contributed by atoms with van der Waals surface area (Å²) in [6.07, 6.45) is 6.66. The number of ether oxygens (including phenoxy) is 1. The number of aliphatic hydroxyl groups is 1. The van der Waals surface area contributed by atoms with E-state index in [2.05, 4.69) is 4.74 Å². The molecule has 0 aromatic carbocycles. The molecular formula is C11H20O3. The molecule has 0 saturated heterocycles. The highest BCUT2D eigenvalue weighted by Gasteiger charge is 2.23. The molecular weight excluding hydrogens is 180 g/mol. The van der Waals surface area contributed by atoms with Crippen LogP contribution in [0.1, 0.15) is 44.9 Å². The summed E-state index contributed by atoms with van der Waals surface area (Å²) in [6.45, 7) is 0. The van der Waals surface area contributed by atoms with Crippen LogP contribution in [0.2, 0.25) is 0 Å². The van der Waals surface area contributed by atoms with Crippen LogP contribution in [0.15, 0.2) is 0 Å². The minimum Gasteiger partial charge on any atom is -0.469 e. The van der Waals surface area contributed by atoms with Gasteiger partial charge in [-0.2, -0.15) is 0 Å². The molecule has 1 fully saturated rings. The van der Waals surface area contributed by atoms with Crippen molar-refractivity contribution in [1.29, 1.82) is 0 Å². The zero-order valence-corrected chi connectivity index (χ0v) is 8.87. The van der Waals surface area contributed by atoms with Gasteiger partial charge in [0.25, 0.3) is 0 Å². The Morgan fingerprint density at radius 3 is 2.43 bits per heavy atom. The van der Waals surface area contributed by atoms with E-state index in [9.17, 15) is 9.90 Å². The molecule has 0 spiro atoms. The fraction of sp³-hybridized carbons (Fsp3) is 0.909. The lowest BCUT2D eigenvalue weighted by Gasteiger charge is -2.19. The largest absolute Gasteiger partial charge is 0.469 e. The van der Waals surface area contributed by atoms with Crippen molar-refractivity contribution in [2.75, 3.05) is 7.11 Å². The standard InChI is InChI=1S/C11H20O3/c1-14-11(13)8-10(12)9-6-4-2-3-5-7-9/h9-10,12H,2-8H2,1H3. The molecule has 3 heteroatoms. The van der Waals surface area contributed by atoms with Crippen LogP contribution >= 0.6 is 0 Å². The maximum absolute atomic E-state index is 11.0. The number of methoxy groups -OCH3 is 1. The summed E-state index contributed by atoms with van der Waals surface area (Å²) in [5.74, 6) is -0.00153. The molecule has 0 bridgehead atoms. The molecule has 14 heavy (non-hydrogen) atoms. The first-order valence-corrected chi connectivity index (χ1v) is 5.49. The Hall–Kier alpha value is -0.570. The van der Waals surface area contributed by atoms with Gasteiger partial charge in [-0.05, 0) is 18.8 Å². The number of carbonyl (C=O) groups excluding carboxylic acids is 1. The Labute approximate surface area is 85.5 Å². The smallest absolute Gasteiger partial charge is 0.308 e. The highest BCUT2D eigenvalue weighted by atomic mass is 16.5. The SMILES string of the molecule is COC(=O)CC(O)C1CCCCCC1. The third-order valence-electron chi connectivity index (χ3n) is 3.05. The van der Waals surface area contributed by atoms with Gasteiger partial charge in [-0.25, -0.2) is 0 Å². The van der Waals surface area contributed by atoms with E-state index in [1.807, 2.05) is 0 Å². The van der Waals surface area contributed by atoms with E-state index in [0.29, 0.717) is 5.92 Å². The van der Waals surface area contributed by atoms with E-state index in [-0.39, 0.29) is 12.4 Å². The van der Waals surface area contributed by atoms with Gasteiger partial charge in [0.05, 0.1) is 19.6 Å². The Morgan fingerprint density at radius 1 is 1.36 bits per heavy atom. The Balaban J connectivity index is 2.33. The minimum atomic E-state index is -0.499. The quantitative estimate of drug-likeness (QED) is 0.559. The Kier molecular flexibility index (Phi) is 4.94. The first kappa shape index (κ1) is 11.5. The molecule has 0 aromatic rings. The molecule has 0 aromatic heterocycles. The first-order valence-electron chi connectivity index (χ1n) is 5.49. The Morgan fingerprint density at radius 2 is 1.93 bits per heavy atom. The van der Waals surface area contributed by atoms with Gasteiger partial charge in [0.2, 0.25) is 0 Å². The van der Waals surface area contributed by atoms with E-state index in [0.717, 1.165) is 12.8 Å². The zero-order valence-electron chi connectivity index (χ0n) is 8.87. The molecule has 1 rings (SSSR count). The molecule has 1 N–H and O–H groups in total. The van der Waals surface area contributed by atoms with E-state index < -0.39 is 6.10 Å². The van der Waals surface area contributed by atoms with Gasteiger partial charge in [-0.15, -0.1) is 0 Å². The molecule has 1 aliphatic rings. The second kappa shape index (κ2) is 6.02. The Bertz CT molecular complexity index is 171. The normalized spacial score (nSPS) is 21.3. The third kappa shape index (κ3) is 3.66. The summed E-state index contributed by atoms with van der Waals surface area (Å²) >= 11 is 0. The van der Waals surface area contributed by atoms with E-state index in [4.69, 9.17) is 0 Å². The molecule has 1 saturated carbocycles. The van der Waals surface area contributed by atoms with E-state index >= 15 is 0 Å². The molecule has 1 unspecified atom stereocenters. The summed E-state index contributed by atoms with van der Waals surface area (Å²) in [4.78, 5) is 11.0. The molecule has 0 aliphatic heterocycles. The van der Waals surface area contributed by atoms with Crippen LogP contribution in [0.3, 0.4) is 0 Å². The topological polar surface area (TPSA) is 46.5 Å². The maximum atomic E-state index is 11.0. The van der Waals surface area contributed by atoms with Crippen molar-refractivity contribution in [3.8, 4) is 0 Å². The van der Waals surface area contributed by atoms with Crippen molar-refractivity contribution in [2.24, 2.45) is 5.92 Å². The van der Waals surface area contributed by atoms with Gasteiger partial charge in [-0.1, -0.05) is 25.7 Å². The molecule has 1 aliphatic carbocycles. The van der Waals surface area contributed by atoms with Crippen molar-refractivity contribution in [1.82, 2.24) is 0 Å². The number of hydrogen-bond donors (Lipinski definition) is 1. The average molecular weight is 200 g/mol. The van der Waals surface area contributed by atoms with Crippen molar-refractivity contribution in [2.45, 2.75) is 51.0 Å². The second-order valence-corrected chi connectivity index (χ2v) is 4.10. The van der Waals surface area contributed by atoms with Gasteiger partial charge in [0, 0.05) is 0 Å². The lowest BCUT2D eigenvalue weighted by Crippen LogP contribution is -2.23. The molecule has 82 valence electrons. The highest BCUT2D eigenvalue weighted by molar-refractivity contribution is 5.69. The van der Waals surface area contributed by atoms with Gasteiger partial charge < -0.3 is 9.84 Å². The monoisotopic (exact) mass is 200 g/mol. The molecule has 3 nitrogen and oxygen atoms in total. The average Bonchev–Trinajstić information content (AvgIpc) is 2.45. The van der Waals surface area contributed by atoms with Crippen molar-refractivity contribution in [3.05, 3.63) is 0 Å². The molecule has 1 atom stereocenters. The third-order valence-corrected chi connectivity index (χ3v) is 3.05. The predicted octanol–water partition coefficient (Wildman–Crippen LogP) is 1.88. The summed E-state index contributed by atoms with van der Waals surface area (Å²) in [6, 6.07) is 0. The maximum Gasteiger partial charge on any atom is 0.308 e. The van der Waals surface area contributed by atoms with Crippen LogP contribution in [0.25, 0.3) is 0 Å². The summed E-state index contributed by atoms with van der Waals surface area (Å²) in [5, 5.41) is 9.80. The fourth-order valence-corrected chi connectivity index (χ4v) is 2.12. The predicted molar refractivity (Wildman–Crippen MR) is 53.8 cm³/mol. The lowest BCUT2D eigenvalue weighted by molar-refractivity contribution is -0.143. The number of hydrogen-bond acceptors (Lipinski definition) is 3. The molecule has 0 heterocycles. The number of aliphatic hydroxyl groups excluding tert-OH is 1. The molecule has 0 amide bonds. The minimum absolute atomic E-state index is 0.154. The van der Waals surface area contributed by atoms with Gasteiger partial charge in [0.1, 0.15) is 0 Å². The second-order valence-electron chi connectivity index (χ2n) is 4.10. The zero-order chi connectivity index (χ0) is 10.4. The van der Waals surface area contributed by atoms with Crippen LogP contribution in [0.4, 0.5) is 0 Å². The van der Waals surface area contributed by atoms with Gasteiger partial charge in [0.15, 0.2) is 0 Å². The lowest BCUT2D eigenvalue weighted by atomic mass is 9.92. The van der Waals surface area contributed by atoms with Crippen LogP contribution in [-0.4, -0.2) is 24.3 Å². The van der Waals surface area contributed by atoms with Crippen LogP contribution < -0.4 is 0 Å². The van der Waals surface area contributed by atoms with Crippen molar-refractivity contribution >= 4 is 5.97 Å².